The topological polar surface area (TPSA) is 43.4 Å². The Labute approximate surface area is 128 Å². The molecule has 1 aliphatic carbocycles. The van der Waals surface area contributed by atoms with Gasteiger partial charge in [-0.25, -0.2) is 8.42 Å². The summed E-state index contributed by atoms with van der Waals surface area (Å²) in [5.41, 5.74) is 2.40. The van der Waals surface area contributed by atoms with E-state index < -0.39 is 9.15 Å². The second-order valence-electron chi connectivity index (χ2n) is 3.61. The number of hydrogen-bond acceptors (Lipinski definition) is 4. The fourth-order valence-corrected chi connectivity index (χ4v) is 2.36. The molecule has 0 saturated heterocycles. The zero-order valence-corrected chi connectivity index (χ0v) is 13.1. The first kappa shape index (κ1) is 15.3. The second-order valence-corrected chi connectivity index (χ2v) is 5.89. The Morgan fingerprint density at radius 2 is 2.00 bits per heavy atom. The summed E-state index contributed by atoms with van der Waals surface area (Å²) in [6.45, 7) is 0.134. The minimum absolute atomic E-state index is 0. The van der Waals surface area contributed by atoms with Crippen LogP contribution in [0.1, 0.15) is 23.5 Å². The fraction of sp³-hybridized carbons (Fsp3) is 0.273. The number of allylic oxidation sites excluding steroid dienone is 1. The predicted octanol–water partition coefficient (Wildman–Crippen LogP) is -1.00. The van der Waals surface area contributed by atoms with E-state index in [1.165, 1.54) is 11.1 Å². The molecule has 0 fully saturated rings. The van der Waals surface area contributed by atoms with Crippen molar-refractivity contribution in [2.45, 2.75) is 12.3 Å². The van der Waals surface area contributed by atoms with Crippen molar-refractivity contribution >= 4 is 26.9 Å². The average molecular weight is 278 g/mol. The molecule has 0 aliphatic heterocycles. The third kappa shape index (κ3) is 4.43. The Morgan fingerprint density at radius 3 is 2.71 bits per heavy atom. The van der Waals surface area contributed by atoms with Gasteiger partial charge in [0.15, 0.2) is 0 Å². The molecule has 0 amide bonds. The molecule has 0 radical (unpaired) electrons. The molecule has 1 unspecified atom stereocenters. The molecule has 0 heterocycles. The van der Waals surface area contributed by atoms with Crippen LogP contribution in [-0.4, -0.2) is 15.0 Å². The van der Waals surface area contributed by atoms with E-state index in [0.29, 0.717) is 6.42 Å². The van der Waals surface area contributed by atoms with Gasteiger partial charge in [-0.1, -0.05) is 36.4 Å². The van der Waals surface area contributed by atoms with E-state index in [1.54, 1.807) is 0 Å². The van der Waals surface area contributed by atoms with Crippen LogP contribution in [0, 0.1) is 0 Å². The zero-order valence-electron chi connectivity index (χ0n) is 9.50. The van der Waals surface area contributed by atoms with Crippen LogP contribution in [0.2, 0.25) is 0 Å². The van der Waals surface area contributed by atoms with Crippen molar-refractivity contribution in [1.82, 2.24) is 0 Å². The van der Waals surface area contributed by atoms with Crippen LogP contribution in [0.25, 0.3) is 6.08 Å². The van der Waals surface area contributed by atoms with E-state index in [-0.39, 0.29) is 42.1 Å². The van der Waals surface area contributed by atoms with Gasteiger partial charge in [-0.2, -0.15) is 0 Å². The van der Waals surface area contributed by atoms with E-state index >= 15 is 0 Å². The van der Waals surface area contributed by atoms with Crippen molar-refractivity contribution in [2.75, 3.05) is 6.61 Å². The molecule has 1 aliphatic rings. The first-order chi connectivity index (χ1) is 7.56. The third-order valence-electron chi connectivity index (χ3n) is 2.56. The van der Waals surface area contributed by atoms with Gasteiger partial charge in [0, 0.05) is 5.92 Å². The van der Waals surface area contributed by atoms with Gasteiger partial charge in [0.1, 0.15) is 9.15 Å². The molecule has 6 heteroatoms. The molecule has 17 heavy (non-hydrogen) atoms. The maximum atomic E-state index is 10.6. The monoisotopic (exact) mass is 278 g/mol. The van der Waals surface area contributed by atoms with Crippen LogP contribution in [0.4, 0.5) is 0 Å². The molecule has 0 aromatic heterocycles. The molecule has 0 bridgehead atoms. The number of fused-ring (bicyclic) bond motifs is 1. The van der Waals surface area contributed by atoms with Crippen LogP contribution < -0.4 is 29.6 Å². The summed E-state index contributed by atoms with van der Waals surface area (Å²) in [6.07, 6.45) is 4.73. The fourth-order valence-electron chi connectivity index (χ4n) is 1.85. The molecule has 86 valence electrons. The van der Waals surface area contributed by atoms with Gasteiger partial charge in [-0.3, -0.25) is 4.18 Å². The number of rotatable bonds is 4. The SMILES string of the molecule is O=S(=O)([S-])OCCC1C=Cc2ccccc21.[Na+]. The van der Waals surface area contributed by atoms with Crippen molar-refractivity contribution in [3.63, 3.8) is 0 Å². The van der Waals surface area contributed by atoms with Crippen LogP contribution in [0.15, 0.2) is 30.3 Å². The van der Waals surface area contributed by atoms with E-state index in [1.807, 2.05) is 30.3 Å². The first-order valence-corrected chi connectivity index (χ1v) is 7.27. The van der Waals surface area contributed by atoms with Gasteiger partial charge in [-0.05, 0) is 17.5 Å². The van der Waals surface area contributed by atoms with Gasteiger partial charge in [0.05, 0.1) is 6.61 Å². The number of benzene rings is 1. The quantitative estimate of drug-likeness (QED) is 0.402. The molecular weight excluding hydrogens is 267 g/mol. The smallest absolute Gasteiger partial charge is 0.619 e. The van der Waals surface area contributed by atoms with Crippen LogP contribution in [0.3, 0.4) is 0 Å². The summed E-state index contributed by atoms with van der Waals surface area (Å²) in [5.74, 6) is 0.230. The second kappa shape index (κ2) is 6.41. The van der Waals surface area contributed by atoms with Crippen LogP contribution >= 0.6 is 0 Å². The van der Waals surface area contributed by atoms with E-state index in [9.17, 15) is 8.42 Å². The van der Waals surface area contributed by atoms with Gasteiger partial charge in [0.25, 0.3) is 0 Å². The summed E-state index contributed by atoms with van der Waals surface area (Å²) in [7, 11) is -3.73. The molecule has 0 saturated carbocycles. The van der Waals surface area contributed by atoms with Gasteiger partial charge >= 0.3 is 29.6 Å². The Hall–Kier alpha value is 0.220. The Morgan fingerprint density at radius 1 is 1.29 bits per heavy atom. The average Bonchev–Trinajstić information content (AvgIpc) is 2.60. The van der Waals surface area contributed by atoms with E-state index in [2.05, 4.69) is 21.9 Å². The normalized spacial score (nSPS) is 17.6. The van der Waals surface area contributed by atoms with Crippen molar-refractivity contribution in [1.29, 1.82) is 0 Å². The Kier molecular flexibility index (Phi) is 5.76. The summed E-state index contributed by atoms with van der Waals surface area (Å²) in [5, 5.41) is 0. The Balaban J connectivity index is 0.00000144. The minimum Gasteiger partial charge on any atom is -0.619 e. The van der Waals surface area contributed by atoms with E-state index in [0.717, 1.165) is 0 Å². The number of hydrogen-bond donors (Lipinski definition) is 0. The summed E-state index contributed by atoms with van der Waals surface area (Å²) >= 11 is 4.13. The first-order valence-electron chi connectivity index (χ1n) is 4.93. The summed E-state index contributed by atoms with van der Waals surface area (Å²) in [4.78, 5) is 0. The van der Waals surface area contributed by atoms with Crippen molar-refractivity contribution in [3.05, 3.63) is 41.5 Å². The predicted molar refractivity (Wildman–Crippen MR) is 65.1 cm³/mol. The van der Waals surface area contributed by atoms with Gasteiger partial charge in [-0.15, -0.1) is 0 Å². The molecule has 1 atom stereocenters. The molecule has 0 N–H and O–H groups in total. The largest absolute Gasteiger partial charge is 1.00 e. The molecule has 3 nitrogen and oxygen atoms in total. The van der Waals surface area contributed by atoms with Crippen molar-refractivity contribution < 1.29 is 42.2 Å². The Bertz CT molecular complexity index is 511. The summed E-state index contributed by atoms with van der Waals surface area (Å²) in [6, 6.07) is 8.04. The van der Waals surface area contributed by atoms with Crippen molar-refractivity contribution in [3.8, 4) is 0 Å². The van der Waals surface area contributed by atoms with Crippen LogP contribution in [0.5, 0.6) is 0 Å². The maximum absolute atomic E-state index is 10.6. The van der Waals surface area contributed by atoms with Crippen molar-refractivity contribution in [2.24, 2.45) is 0 Å². The maximum Gasteiger partial charge on any atom is 1.00 e. The molecule has 0 spiro atoms. The minimum atomic E-state index is -3.73. The zero-order chi connectivity index (χ0) is 11.6. The van der Waals surface area contributed by atoms with Crippen LogP contribution in [-0.2, 0) is 25.0 Å². The molecule has 2 rings (SSSR count). The molecular formula is C11H11NaO3S2. The summed E-state index contributed by atoms with van der Waals surface area (Å²) < 4.78 is 25.8. The third-order valence-corrected chi connectivity index (χ3v) is 3.30. The van der Waals surface area contributed by atoms with E-state index in [4.69, 9.17) is 0 Å². The molecule has 1 aromatic rings. The standard InChI is InChI=1S/C11H12O3S2.Na/c12-16(13,15)14-8-7-10-6-5-9-3-1-2-4-11(9)10;/h1-6,10H,7-8H2,(H,12,13,15);/q;+1/p-1. The molecule has 1 aromatic carbocycles. The van der Waals surface area contributed by atoms with Gasteiger partial charge < -0.3 is 11.7 Å². The van der Waals surface area contributed by atoms with Gasteiger partial charge in [0.2, 0.25) is 0 Å².